The molecule has 0 unspecified atom stereocenters. The van der Waals surface area contributed by atoms with Gasteiger partial charge in [-0.3, -0.25) is 5.41 Å². The molecule has 2 rings (SSSR count). The van der Waals surface area contributed by atoms with Crippen molar-refractivity contribution in [3.8, 4) is 0 Å². The Bertz CT molecular complexity index is 561. The number of hydrogen-bond donors (Lipinski definition) is 2. The first-order valence-corrected chi connectivity index (χ1v) is 7.22. The Kier molecular flexibility index (Phi) is 4.22. The number of nitrogens with zero attached hydrogens (tertiary/aromatic N) is 1. The van der Waals surface area contributed by atoms with Gasteiger partial charge in [0.15, 0.2) is 0 Å². The van der Waals surface area contributed by atoms with Gasteiger partial charge >= 0.3 is 0 Å². The Morgan fingerprint density at radius 2 is 2.11 bits per heavy atom. The summed E-state index contributed by atoms with van der Waals surface area (Å²) in [6.45, 7) is 5.95. The van der Waals surface area contributed by atoms with Crippen molar-refractivity contribution in [2.75, 3.05) is 11.4 Å². The number of benzene rings is 1. The molecular formula is C15H19N3S. The molecule has 0 saturated heterocycles. The smallest absolute Gasteiger partial charge is 0.124 e. The fourth-order valence-corrected chi connectivity index (χ4v) is 2.96. The molecule has 1 aromatic carbocycles. The Morgan fingerprint density at radius 3 is 2.68 bits per heavy atom. The van der Waals surface area contributed by atoms with Crippen LogP contribution in [0.3, 0.4) is 0 Å². The zero-order chi connectivity index (χ0) is 13.8. The predicted octanol–water partition coefficient (Wildman–Crippen LogP) is 3.37. The van der Waals surface area contributed by atoms with E-state index in [0.29, 0.717) is 0 Å². The summed E-state index contributed by atoms with van der Waals surface area (Å²) < 4.78 is 0. The molecule has 4 heteroatoms. The summed E-state index contributed by atoms with van der Waals surface area (Å²) >= 11 is 1.75. The van der Waals surface area contributed by atoms with Crippen LogP contribution in [0.15, 0.2) is 35.7 Å². The first-order chi connectivity index (χ1) is 9.13. The third kappa shape index (κ3) is 2.96. The van der Waals surface area contributed by atoms with Crippen LogP contribution < -0.4 is 10.6 Å². The molecule has 0 atom stereocenters. The molecule has 0 radical (unpaired) electrons. The second kappa shape index (κ2) is 5.89. The molecule has 0 fully saturated rings. The SMILES string of the molecule is CCN(Cc1cccs1)c1c(C)cccc1C(=N)N. The molecule has 3 nitrogen and oxygen atoms in total. The van der Waals surface area contributed by atoms with Crippen molar-refractivity contribution in [1.29, 1.82) is 5.41 Å². The lowest BCUT2D eigenvalue weighted by molar-refractivity contribution is 0.837. The maximum absolute atomic E-state index is 7.74. The van der Waals surface area contributed by atoms with Gasteiger partial charge in [-0.05, 0) is 36.9 Å². The summed E-state index contributed by atoms with van der Waals surface area (Å²) in [5.74, 6) is 0.128. The van der Waals surface area contributed by atoms with Crippen LogP contribution >= 0.6 is 11.3 Å². The molecule has 0 aliphatic carbocycles. The minimum Gasteiger partial charge on any atom is -0.384 e. The lowest BCUT2D eigenvalue weighted by atomic mass is 10.1. The highest BCUT2D eigenvalue weighted by atomic mass is 32.1. The molecule has 100 valence electrons. The Labute approximate surface area is 118 Å². The van der Waals surface area contributed by atoms with Gasteiger partial charge in [0, 0.05) is 17.0 Å². The van der Waals surface area contributed by atoms with Gasteiger partial charge in [-0.2, -0.15) is 0 Å². The molecular weight excluding hydrogens is 254 g/mol. The van der Waals surface area contributed by atoms with Gasteiger partial charge in [-0.15, -0.1) is 11.3 Å². The van der Waals surface area contributed by atoms with E-state index in [1.807, 2.05) is 12.1 Å². The second-order valence-electron chi connectivity index (χ2n) is 4.48. The number of rotatable bonds is 5. The molecule has 1 aromatic heterocycles. The van der Waals surface area contributed by atoms with Gasteiger partial charge in [-0.25, -0.2) is 0 Å². The Balaban J connectivity index is 2.40. The van der Waals surface area contributed by atoms with E-state index in [-0.39, 0.29) is 5.84 Å². The van der Waals surface area contributed by atoms with Crippen LogP contribution in [0, 0.1) is 12.3 Å². The summed E-state index contributed by atoms with van der Waals surface area (Å²) in [4.78, 5) is 3.59. The molecule has 3 N–H and O–H groups in total. The van der Waals surface area contributed by atoms with Gasteiger partial charge in [0.2, 0.25) is 0 Å². The minimum atomic E-state index is 0.128. The first kappa shape index (κ1) is 13.6. The van der Waals surface area contributed by atoms with Crippen molar-refractivity contribution in [1.82, 2.24) is 0 Å². The highest BCUT2D eigenvalue weighted by Crippen LogP contribution is 2.27. The third-order valence-electron chi connectivity index (χ3n) is 3.15. The second-order valence-corrected chi connectivity index (χ2v) is 5.51. The molecule has 0 aliphatic rings. The molecule has 1 heterocycles. The van der Waals surface area contributed by atoms with Crippen LogP contribution in [0.1, 0.15) is 22.9 Å². The molecule has 19 heavy (non-hydrogen) atoms. The van der Waals surface area contributed by atoms with E-state index in [1.165, 1.54) is 4.88 Å². The monoisotopic (exact) mass is 273 g/mol. The normalized spacial score (nSPS) is 10.4. The minimum absolute atomic E-state index is 0.128. The topological polar surface area (TPSA) is 53.1 Å². The Hall–Kier alpha value is -1.81. The largest absolute Gasteiger partial charge is 0.384 e. The third-order valence-corrected chi connectivity index (χ3v) is 4.01. The van der Waals surface area contributed by atoms with E-state index in [2.05, 4.69) is 42.3 Å². The van der Waals surface area contributed by atoms with Crippen molar-refractivity contribution in [2.45, 2.75) is 20.4 Å². The average Bonchev–Trinajstić information content (AvgIpc) is 2.89. The number of thiophene rings is 1. The Morgan fingerprint density at radius 1 is 1.32 bits per heavy atom. The number of hydrogen-bond acceptors (Lipinski definition) is 3. The van der Waals surface area contributed by atoms with Crippen molar-refractivity contribution in [3.05, 3.63) is 51.7 Å². The fraction of sp³-hybridized carbons (Fsp3) is 0.267. The van der Waals surface area contributed by atoms with Crippen LogP contribution in [-0.4, -0.2) is 12.4 Å². The van der Waals surface area contributed by atoms with Gasteiger partial charge in [0.05, 0.1) is 12.2 Å². The summed E-state index contributed by atoms with van der Waals surface area (Å²) in [5, 5.41) is 9.83. The van der Waals surface area contributed by atoms with Crippen LogP contribution in [0.4, 0.5) is 5.69 Å². The lowest BCUT2D eigenvalue weighted by Gasteiger charge is -2.26. The van der Waals surface area contributed by atoms with E-state index < -0.39 is 0 Å². The van der Waals surface area contributed by atoms with Gasteiger partial charge in [-0.1, -0.05) is 18.2 Å². The van der Waals surface area contributed by atoms with E-state index in [1.54, 1.807) is 11.3 Å². The van der Waals surface area contributed by atoms with E-state index in [4.69, 9.17) is 11.1 Å². The highest BCUT2D eigenvalue weighted by Gasteiger charge is 2.14. The van der Waals surface area contributed by atoms with Crippen LogP contribution in [-0.2, 0) is 6.54 Å². The van der Waals surface area contributed by atoms with Gasteiger partial charge in [0.1, 0.15) is 5.84 Å². The van der Waals surface area contributed by atoms with Crippen molar-refractivity contribution < 1.29 is 0 Å². The maximum atomic E-state index is 7.74. The number of nitrogen functional groups attached to an aromatic ring is 1. The summed E-state index contributed by atoms with van der Waals surface area (Å²) in [6.07, 6.45) is 0. The van der Waals surface area contributed by atoms with Gasteiger partial charge < -0.3 is 10.6 Å². The fourth-order valence-electron chi connectivity index (χ4n) is 2.24. The molecule has 2 aromatic rings. The molecule has 0 saturated carbocycles. The molecule has 0 aliphatic heterocycles. The number of amidine groups is 1. The van der Waals surface area contributed by atoms with Crippen LogP contribution in [0.5, 0.6) is 0 Å². The van der Waals surface area contributed by atoms with E-state index >= 15 is 0 Å². The number of nitrogens with one attached hydrogen (secondary N) is 1. The molecule has 0 bridgehead atoms. The van der Waals surface area contributed by atoms with Gasteiger partial charge in [0.25, 0.3) is 0 Å². The van der Waals surface area contributed by atoms with Crippen molar-refractivity contribution in [3.63, 3.8) is 0 Å². The quantitative estimate of drug-likeness (QED) is 0.648. The summed E-state index contributed by atoms with van der Waals surface area (Å²) in [5.41, 5.74) is 8.76. The maximum Gasteiger partial charge on any atom is 0.124 e. The summed E-state index contributed by atoms with van der Waals surface area (Å²) in [6, 6.07) is 10.1. The number of anilines is 1. The predicted molar refractivity (Wildman–Crippen MR) is 83.2 cm³/mol. The zero-order valence-electron chi connectivity index (χ0n) is 11.3. The standard InChI is InChI=1S/C15H19N3S/c1-3-18(10-12-7-5-9-19-12)14-11(2)6-4-8-13(14)15(16)17/h4-9H,3,10H2,1-2H3,(H3,16,17). The number of para-hydroxylation sites is 1. The van der Waals surface area contributed by atoms with E-state index in [0.717, 1.165) is 29.9 Å². The zero-order valence-corrected chi connectivity index (χ0v) is 12.1. The van der Waals surface area contributed by atoms with Crippen molar-refractivity contribution >= 4 is 22.9 Å². The molecule has 0 spiro atoms. The number of nitrogens with two attached hydrogens (primary N) is 1. The first-order valence-electron chi connectivity index (χ1n) is 6.34. The average molecular weight is 273 g/mol. The molecule has 0 amide bonds. The van der Waals surface area contributed by atoms with Crippen LogP contribution in [0.25, 0.3) is 0 Å². The van der Waals surface area contributed by atoms with Crippen molar-refractivity contribution in [2.24, 2.45) is 5.73 Å². The lowest BCUT2D eigenvalue weighted by Crippen LogP contribution is -2.26. The van der Waals surface area contributed by atoms with E-state index in [9.17, 15) is 0 Å². The summed E-state index contributed by atoms with van der Waals surface area (Å²) in [7, 11) is 0. The number of aryl methyl sites for hydroxylation is 1. The highest BCUT2D eigenvalue weighted by molar-refractivity contribution is 7.09. The van der Waals surface area contributed by atoms with Crippen LogP contribution in [0.2, 0.25) is 0 Å².